The second kappa shape index (κ2) is 7.87. The fraction of sp³-hybridized carbons (Fsp3) is 0.250. The number of carbonyl (C=O) groups is 2. The summed E-state index contributed by atoms with van der Waals surface area (Å²) >= 11 is 7.25. The molecule has 8 heteroatoms. The molecule has 0 aliphatic carbocycles. The third kappa shape index (κ3) is 3.38. The van der Waals surface area contributed by atoms with Crippen LogP contribution in [0.4, 0.5) is 0 Å². The van der Waals surface area contributed by atoms with E-state index in [1.807, 2.05) is 12.1 Å². The van der Waals surface area contributed by atoms with Crippen molar-refractivity contribution in [2.45, 2.75) is 5.92 Å². The number of nitriles is 2. The number of hydrogen-bond donors (Lipinski definition) is 1. The van der Waals surface area contributed by atoms with Crippen molar-refractivity contribution in [2.24, 2.45) is 5.92 Å². The molecule has 1 aliphatic rings. The second-order valence-electron chi connectivity index (χ2n) is 4.79. The Morgan fingerprint density at radius 1 is 1.42 bits per heavy atom. The highest BCUT2D eigenvalue weighted by atomic mass is 35.5. The molecule has 1 amide bonds. The highest BCUT2D eigenvalue weighted by Crippen LogP contribution is 2.42. The Labute approximate surface area is 148 Å². The van der Waals surface area contributed by atoms with Gasteiger partial charge in [-0.2, -0.15) is 10.5 Å². The summed E-state index contributed by atoms with van der Waals surface area (Å²) in [5.74, 6) is -3.39. The molecular formula is C16H12ClN3O3S. The van der Waals surface area contributed by atoms with Gasteiger partial charge in [-0.1, -0.05) is 41.6 Å². The van der Waals surface area contributed by atoms with Crippen LogP contribution in [0.3, 0.4) is 0 Å². The van der Waals surface area contributed by atoms with E-state index in [1.165, 1.54) is 7.11 Å². The van der Waals surface area contributed by atoms with Crippen molar-refractivity contribution < 1.29 is 14.3 Å². The van der Waals surface area contributed by atoms with Crippen molar-refractivity contribution in [2.75, 3.05) is 12.9 Å². The smallest absolute Gasteiger partial charge is 0.319 e. The quantitative estimate of drug-likeness (QED) is 0.652. The highest BCUT2D eigenvalue weighted by molar-refractivity contribution is 8.03. The molecule has 1 aromatic carbocycles. The average Bonchev–Trinajstić information content (AvgIpc) is 2.59. The molecule has 0 saturated carbocycles. The molecule has 0 aromatic heterocycles. The van der Waals surface area contributed by atoms with Gasteiger partial charge >= 0.3 is 5.97 Å². The van der Waals surface area contributed by atoms with Gasteiger partial charge in [-0.05, 0) is 11.6 Å². The standard InChI is InChI=1S/C16H12ClN3O3S/c1-23-16(22)13-12(9-4-2-3-5-11(9)17)10(8-19)15(20-14(13)21)24-7-6-18/h2-5,12-13H,7H2,1H3,(H,20,21). The zero-order chi connectivity index (χ0) is 17.7. The fourth-order valence-corrected chi connectivity index (χ4v) is 3.45. The molecule has 0 spiro atoms. The van der Waals surface area contributed by atoms with Crippen LogP contribution in [0.5, 0.6) is 0 Å². The summed E-state index contributed by atoms with van der Waals surface area (Å²) in [7, 11) is 1.18. The number of nitrogens with zero attached hydrogens (tertiary/aromatic N) is 2. The maximum atomic E-state index is 12.4. The van der Waals surface area contributed by atoms with Gasteiger partial charge in [-0.3, -0.25) is 9.59 Å². The Balaban J connectivity index is 2.65. The molecule has 1 heterocycles. The van der Waals surface area contributed by atoms with Gasteiger partial charge < -0.3 is 10.1 Å². The minimum atomic E-state index is -1.23. The number of thioether (sulfide) groups is 1. The molecule has 1 aliphatic heterocycles. The third-order valence-electron chi connectivity index (χ3n) is 3.51. The van der Waals surface area contributed by atoms with E-state index >= 15 is 0 Å². The van der Waals surface area contributed by atoms with Gasteiger partial charge in [-0.25, -0.2) is 0 Å². The van der Waals surface area contributed by atoms with E-state index in [9.17, 15) is 14.9 Å². The lowest BCUT2D eigenvalue weighted by Crippen LogP contribution is -2.44. The lowest BCUT2D eigenvalue weighted by molar-refractivity contribution is -0.150. The molecule has 2 rings (SSSR count). The number of nitrogens with one attached hydrogen (secondary N) is 1. The topological polar surface area (TPSA) is 103 Å². The van der Waals surface area contributed by atoms with E-state index in [0.29, 0.717) is 10.6 Å². The molecule has 24 heavy (non-hydrogen) atoms. The summed E-state index contributed by atoms with van der Waals surface area (Å²) in [4.78, 5) is 24.6. The first-order valence-electron chi connectivity index (χ1n) is 6.82. The number of amides is 1. The number of allylic oxidation sites excluding steroid dienone is 1. The minimum absolute atomic E-state index is 0.0545. The molecular weight excluding hydrogens is 350 g/mol. The predicted octanol–water partition coefficient (Wildman–Crippen LogP) is 2.33. The zero-order valence-corrected chi connectivity index (χ0v) is 14.1. The highest BCUT2D eigenvalue weighted by Gasteiger charge is 2.44. The molecule has 0 fully saturated rings. The number of carbonyl (C=O) groups excluding carboxylic acids is 2. The van der Waals surface area contributed by atoms with Gasteiger partial charge in [0.15, 0.2) is 0 Å². The van der Waals surface area contributed by atoms with E-state index in [2.05, 4.69) is 5.32 Å². The average molecular weight is 362 g/mol. The largest absolute Gasteiger partial charge is 0.468 e. The molecule has 1 N–H and O–H groups in total. The van der Waals surface area contributed by atoms with E-state index in [-0.39, 0.29) is 16.4 Å². The number of halogens is 1. The van der Waals surface area contributed by atoms with Gasteiger partial charge in [-0.15, -0.1) is 0 Å². The van der Waals surface area contributed by atoms with E-state index in [4.69, 9.17) is 21.6 Å². The lowest BCUT2D eigenvalue weighted by Gasteiger charge is -2.31. The number of esters is 1. The first-order valence-corrected chi connectivity index (χ1v) is 8.18. The van der Waals surface area contributed by atoms with Crippen LogP contribution in [0.15, 0.2) is 34.9 Å². The monoisotopic (exact) mass is 361 g/mol. The van der Waals surface area contributed by atoms with Crippen LogP contribution in [-0.2, 0) is 14.3 Å². The molecule has 0 radical (unpaired) electrons. The maximum absolute atomic E-state index is 12.4. The van der Waals surface area contributed by atoms with Crippen molar-refractivity contribution in [3.63, 3.8) is 0 Å². The van der Waals surface area contributed by atoms with Crippen LogP contribution in [0.2, 0.25) is 5.02 Å². The molecule has 6 nitrogen and oxygen atoms in total. The summed E-state index contributed by atoms with van der Waals surface area (Å²) in [5.41, 5.74) is 0.661. The Bertz CT molecular complexity index is 794. The lowest BCUT2D eigenvalue weighted by atomic mass is 9.78. The number of hydrogen-bond acceptors (Lipinski definition) is 6. The van der Waals surface area contributed by atoms with Crippen LogP contribution in [0.1, 0.15) is 11.5 Å². The van der Waals surface area contributed by atoms with Crippen molar-refractivity contribution in [3.8, 4) is 12.1 Å². The Morgan fingerprint density at radius 2 is 2.12 bits per heavy atom. The van der Waals surface area contributed by atoms with E-state index in [0.717, 1.165) is 11.8 Å². The normalized spacial score (nSPS) is 19.9. The van der Waals surface area contributed by atoms with Gasteiger partial charge in [0.25, 0.3) is 0 Å². The summed E-state index contributed by atoms with van der Waals surface area (Å²) < 4.78 is 4.73. The van der Waals surface area contributed by atoms with Gasteiger partial charge in [0.1, 0.15) is 5.92 Å². The Kier molecular flexibility index (Phi) is 5.86. The summed E-state index contributed by atoms with van der Waals surface area (Å²) in [6.45, 7) is 0. The molecule has 122 valence electrons. The molecule has 1 aromatic rings. The van der Waals surface area contributed by atoms with Gasteiger partial charge in [0.2, 0.25) is 5.91 Å². The second-order valence-corrected chi connectivity index (χ2v) is 6.18. The maximum Gasteiger partial charge on any atom is 0.319 e. The first kappa shape index (κ1) is 17.9. The number of rotatable bonds is 4. The summed E-state index contributed by atoms with van der Waals surface area (Å²) in [6.07, 6.45) is 0. The molecule has 0 saturated heterocycles. The van der Waals surface area contributed by atoms with Gasteiger partial charge in [0.05, 0.1) is 35.6 Å². The fourth-order valence-electron chi connectivity index (χ4n) is 2.49. The number of benzene rings is 1. The van der Waals surface area contributed by atoms with Crippen molar-refractivity contribution >= 4 is 35.2 Å². The van der Waals surface area contributed by atoms with Crippen LogP contribution < -0.4 is 5.32 Å². The van der Waals surface area contributed by atoms with Crippen LogP contribution in [-0.4, -0.2) is 24.7 Å². The minimum Gasteiger partial charge on any atom is -0.468 e. The molecule has 2 atom stereocenters. The molecule has 0 bridgehead atoms. The zero-order valence-electron chi connectivity index (χ0n) is 12.6. The van der Waals surface area contributed by atoms with Crippen LogP contribution in [0.25, 0.3) is 0 Å². The summed E-state index contributed by atoms with van der Waals surface area (Å²) in [5, 5.41) is 21.5. The van der Waals surface area contributed by atoms with Crippen LogP contribution in [0, 0.1) is 28.6 Å². The van der Waals surface area contributed by atoms with Crippen molar-refractivity contribution in [3.05, 3.63) is 45.5 Å². The van der Waals surface area contributed by atoms with Crippen molar-refractivity contribution in [1.82, 2.24) is 5.32 Å². The van der Waals surface area contributed by atoms with Crippen LogP contribution >= 0.6 is 23.4 Å². The summed E-state index contributed by atoms with van der Waals surface area (Å²) in [6, 6.07) is 10.7. The van der Waals surface area contributed by atoms with Gasteiger partial charge in [0, 0.05) is 10.9 Å². The third-order valence-corrected chi connectivity index (χ3v) is 4.73. The number of ether oxygens (including phenoxy) is 1. The van der Waals surface area contributed by atoms with E-state index in [1.54, 1.807) is 24.3 Å². The number of methoxy groups -OCH3 is 1. The van der Waals surface area contributed by atoms with E-state index < -0.39 is 23.7 Å². The Morgan fingerprint density at radius 3 is 2.71 bits per heavy atom. The Hall–Kier alpha value is -2.48. The van der Waals surface area contributed by atoms with Crippen molar-refractivity contribution in [1.29, 1.82) is 10.5 Å². The molecule has 2 unspecified atom stereocenters. The predicted molar refractivity (Wildman–Crippen MR) is 88.6 cm³/mol. The SMILES string of the molecule is COC(=O)C1C(=O)NC(SCC#N)=C(C#N)C1c1ccccc1Cl. The first-order chi connectivity index (χ1) is 11.5.